The van der Waals surface area contributed by atoms with Crippen molar-refractivity contribution in [2.75, 3.05) is 20.3 Å². The molecule has 0 fully saturated rings. The molecule has 0 radical (unpaired) electrons. The van der Waals surface area contributed by atoms with Gasteiger partial charge in [0.2, 0.25) is 0 Å². The molecule has 1 aromatic carbocycles. The van der Waals surface area contributed by atoms with E-state index in [1.807, 2.05) is 6.07 Å². The summed E-state index contributed by atoms with van der Waals surface area (Å²) in [4.78, 5) is 8.60. The quantitative estimate of drug-likeness (QED) is 0.785. The smallest absolute Gasteiger partial charge is 0.132 e. The van der Waals surface area contributed by atoms with Gasteiger partial charge in [-0.1, -0.05) is 12.1 Å². The van der Waals surface area contributed by atoms with Gasteiger partial charge in [-0.25, -0.2) is 14.4 Å². The second-order valence-corrected chi connectivity index (χ2v) is 4.48. The van der Waals surface area contributed by atoms with Crippen LogP contribution in [0.5, 0.6) is 0 Å². The molecule has 0 atom stereocenters. The minimum Gasteiger partial charge on any atom is -0.383 e. The van der Waals surface area contributed by atoms with Gasteiger partial charge in [-0.05, 0) is 17.7 Å². The van der Waals surface area contributed by atoms with Crippen LogP contribution in [0.15, 0.2) is 36.7 Å². The van der Waals surface area contributed by atoms with Crippen LogP contribution in [0.25, 0.3) is 0 Å². The van der Waals surface area contributed by atoms with E-state index in [0.717, 1.165) is 17.7 Å². The minimum atomic E-state index is -0.235. The number of rotatable bonds is 7. The molecule has 0 saturated heterocycles. The highest BCUT2D eigenvalue weighted by Gasteiger charge is 2.01. The van der Waals surface area contributed by atoms with E-state index in [-0.39, 0.29) is 5.82 Å². The summed E-state index contributed by atoms with van der Waals surface area (Å²) in [6.45, 7) is 2.18. The van der Waals surface area contributed by atoms with Gasteiger partial charge in [-0.15, -0.1) is 0 Å². The Bertz CT molecular complexity index is 531. The lowest BCUT2D eigenvalue weighted by Crippen LogP contribution is -2.18. The van der Waals surface area contributed by atoms with E-state index >= 15 is 0 Å². The van der Waals surface area contributed by atoms with Crippen LogP contribution < -0.4 is 5.32 Å². The van der Waals surface area contributed by atoms with E-state index in [4.69, 9.17) is 4.74 Å². The van der Waals surface area contributed by atoms with Gasteiger partial charge in [0, 0.05) is 44.6 Å². The number of nitrogens with zero attached hydrogens (tertiary/aromatic N) is 2. The van der Waals surface area contributed by atoms with Crippen molar-refractivity contribution in [3.05, 3.63) is 59.4 Å². The Balaban J connectivity index is 1.88. The molecular weight excluding hydrogens is 257 g/mol. The van der Waals surface area contributed by atoms with Crippen LogP contribution in [-0.2, 0) is 17.7 Å². The van der Waals surface area contributed by atoms with E-state index < -0.39 is 0 Å². The summed E-state index contributed by atoms with van der Waals surface area (Å²) in [6, 6.07) is 6.49. The standard InChI is InChI=1S/C15H18FN3O/c1-20-6-5-17-9-13-10-18-15(19-11-13)8-12-3-2-4-14(16)7-12/h2-4,7,10-11,17H,5-6,8-9H2,1H3. The first-order chi connectivity index (χ1) is 9.78. The predicted molar refractivity (Wildman–Crippen MR) is 74.8 cm³/mol. The van der Waals surface area contributed by atoms with Crippen LogP contribution in [0.1, 0.15) is 17.0 Å². The van der Waals surface area contributed by atoms with E-state index in [2.05, 4.69) is 15.3 Å². The molecule has 20 heavy (non-hydrogen) atoms. The number of hydrogen-bond donors (Lipinski definition) is 1. The molecule has 1 aromatic heterocycles. The van der Waals surface area contributed by atoms with Crippen LogP contribution in [0.2, 0.25) is 0 Å². The maximum absolute atomic E-state index is 13.1. The van der Waals surface area contributed by atoms with E-state index in [1.54, 1.807) is 25.6 Å². The molecular formula is C15H18FN3O. The zero-order valence-corrected chi connectivity index (χ0v) is 11.5. The monoisotopic (exact) mass is 275 g/mol. The van der Waals surface area contributed by atoms with Crippen molar-refractivity contribution in [2.45, 2.75) is 13.0 Å². The van der Waals surface area contributed by atoms with E-state index in [1.165, 1.54) is 12.1 Å². The first-order valence-corrected chi connectivity index (χ1v) is 6.52. The molecule has 4 nitrogen and oxygen atoms in total. The second-order valence-electron chi connectivity index (χ2n) is 4.48. The molecule has 0 aliphatic rings. The first kappa shape index (κ1) is 14.6. The topological polar surface area (TPSA) is 47.0 Å². The number of hydrogen-bond acceptors (Lipinski definition) is 4. The normalized spacial score (nSPS) is 10.7. The van der Waals surface area contributed by atoms with Crippen LogP contribution >= 0.6 is 0 Å². The number of benzene rings is 1. The molecule has 2 rings (SSSR count). The average molecular weight is 275 g/mol. The van der Waals surface area contributed by atoms with Gasteiger partial charge in [0.05, 0.1) is 6.61 Å². The summed E-state index contributed by atoms with van der Waals surface area (Å²) >= 11 is 0. The van der Waals surface area contributed by atoms with Gasteiger partial charge >= 0.3 is 0 Å². The summed E-state index contributed by atoms with van der Waals surface area (Å²) in [5.74, 6) is 0.456. The average Bonchev–Trinajstić information content (AvgIpc) is 2.45. The molecule has 0 amide bonds. The molecule has 0 unspecified atom stereocenters. The van der Waals surface area contributed by atoms with Gasteiger partial charge in [0.25, 0.3) is 0 Å². The van der Waals surface area contributed by atoms with Crippen molar-refractivity contribution < 1.29 is 9.13 Å². The number of ether oxygens (including phenoxy) is 1. The molecule has 1 N–H and O–H groups in total. The van der Waals surface area contributed by atoms with Crippen LogP contribution in [0.4, 0.5) is 4.39 Å². The molecule has 0 saturated carbocycles. The summed E-state index contributed by atoms with van der Waals surface area (Å²) in [5, 5.41) is 3.22. The molecule has 5 heteroatoms. The molecule has 106 valence electrons. The SMILES string of the molecule is COCCNCc1cnc(Cc2cccc(F)c2)nc1. The van der Waals surface area contributed by atoms with Gasteiger partial charge < -0.3 is 10.1 Å². The second kappa shape index (κ2) is 7.67. The number of halogens is 1. The zero-order valence-electron chi connectivity index (χ0n) is 11.5. The Morgan fingerprint density at radius 3 is 2.70 bits per heavy atom. The van der Waals surface area contributed by atoms with Crippen molar-refractivity contribution in [3.63, 3.8) is 0 Å². The summed E-state index contributed by atoms with van der Waals surface area (Å²) < 4.78 is 18.0. The molecule has 0 bridgehead atoms. The van der Waals surface area contributed by atoms with E-state index in [9.17, 15) is 4.39 Å². The van der Waals surface area contributed by atoms with Gasteiger partial charge in [0.15, 0.2) is 0 Å². The summed E-state index contributed by atoms with van der Waals surface area (Å²) in [5.41, 5.74) is 1.89. The largest absolute Gasteiger partial charge is 0.383 e. The Labute approximate surface area is 118 Å². The van der Waals surface area contributed by atoms with Gasteiger partial charge in [-0.2, -0.15) is 0 Å². The summed E-state index contributed by atoms with van der Waals surface area (Å²) in [7, 11) is 1.67. The van der Waals surface area contributed by atoms with Gasteiger partial charge in [-0.3, -0.25) is 0 Å². The Hall–Kier alpha value is -1.85. The fourth-order valence-electron chi connectivity index (χ4n) is 1.80. The van der Waals surface area contributed by atoms with Crippen molar-refractivity contribution in [2.24, 2.45) is 0 Å². The number of methoxy groups -OCH3 is 1. The third-order valence-electron chi connectivity index (χ3n) is 2.82. The fourth-order valence-corrected chi connectivity index (χ4v) is 1.80. The predicted octanol–water partition coefficient (Wildman–Crippen LogP) is 1.94. The fraction of sp³-hybridized carbons (Fsp3) is 0.333. The lowest BCUT2D eigenvalue weighted by molar-refractivity contribution is 0.199. The van der Waals surface area contributed by atoms with Crippen molar-refractivity contribution >= 4 is 0 Å². The lowest BCUT2D eigenvalue weighted by atomic mass is 10.1. The van der Waals surface area contributed by atoms with E-state index in [0.29, 0.717) is 25.4 Å². The van der Waals surface area contributed by atoms with Crippen molar-refractivity contribution in [3.8, 4) is 0 Å². The Morgan fingerprint density at radius 2 is 2.00 bits per heavy atom. The molecule has 0 aliphatic carbocycles. The first-order valence-electron chi connectivity index (χ1n) is 6.52. The highest BCUT2D eigenvalue weighted by atomic mass is 19.1. The van der Waals surface area contributed by atoms with Crippen molar-refractivity contribution in [1.29, 1.82) is 0 Å². The Morgan fingerprint density at radius 1 is 1.20 bits per heavy atom. The van der Waals surface area contributed by atoms with Crippen molar-refractivity contribution in [1.82, 2.24) is 15.3 Å². The van der Waals surface area contributed by atoms with Crippen LogP contribution in [0.3, 0.4) is 0 Å². The zero-order chi connectivity index (χ0) is 14.2. The number of nitrogens with one attached hydrogen (secondary N) is 1. The minimum absolute atomic E-state index is 0.235. The Kier molecular flexibility index (Phi) is 5.58. The maximum Gasteiger partial charge on any atom is 0.132 e. The highest BCUT2D eigenvalue weighted by Crippen LogP contribution is 2.08. The van der Waals surface area contributed by atoms with Gasteiger partial charge in [0.1, 0.15) is 11.6 Å². The maximum atomic E-state index is 13.1. The number of aromatic nitrogens is 2. The highest BCUT2D eigenvalue weighted by molar-refractivity contribution is 5.20. The molecule has 0 spiro atoms. The molecule has 0 aliphatic heterocycles. The third-order valence-corrected chi connectivity index (χ3v) is 2.82. The van der Waals surface area contributed by atoms with Crippen LogP contribution in [0, 0.1) is 5.82 Å². The molecule has 2 aromatic rings. The third kappa shape index (κ3) is 4.68. The summed E-state index contributed by atoms with van der Waals surface area (Å²) in [6.07, 6.45) is 4.12. The van der Waals surface area contributed by atoms with Crippen LogP contribution in [-0.4, -0.2) is 30.2 Å². The lowest BCUT2D eigenvalue weighted by Gasteiger charge is -2.05. The molecule has 1 heterocycles.